The summed E-state index contributed by atoms with van der Waals surface area (Å²) >= 11 is 6.25. The average molecular weight is 273 g/mol. The molecule has 0 amide bonds. The fourth-order valence-corrected chi connectivity index (χ4v) is 2.70. The van der Waals surface area contributed by atoms with Crippen LogP contribution in [0.3, 0.4) is 0 Å². The number of nitrogens with one attached hydrogen (secondary N) is 1. The monoisotopic (exact) mass is 272 g/mol. The number of hydrogen-bond acceptors (Lipinski definition) is 3. The molecule has 1 rings (SSSR count). The summed E-state index contributed by atoms with van der Waals surface area (Å²) in [6.07, 6.45) is 6.37. The summed E-state index contributed by atoms with van der Waals surface area (Å²) in [5.74, 6) is 6.25. The van der Waals surface area contributed by atoms with Gasteiger partial charge >= 0.3 is 0 Å². The maximum atomic E-state index is 6.25. The smallest absolute Gasteiger partial charge is 0.0834 e. The summed E-state index contributed by atoms with van der Waals surface area (Å²) < 4.78 is 1.93. The largest absolute Gasteiger partial charge is 0.271 e. The van der Waals surface area contributed by atoms with E-state index in [-0.39, 0.29) is 6.04 Å². The van der Waals surface area contributed by atoms with Crippen molar-refractivity contribution in [1.82, 2.24) is 15.2 Å². The van der Waals surface area contributed by atoms with Gasteiger partial charge in [0, 0.05) is 6.54 Å². The van der Waals surface area contributed by atoms with E-state index in [2.05, 4.69) is 31.3 Å². The molecule has 0 aliphatic heterocycles. The zero-order valence-electron chi connectivity index (χ0n) is 11.6. The SMILES string of the molecule is CCCCC(CC)C(NN)c1c(Cl)cnn1CC. The van der Waals surface area contributed by atoms with Crippen LogP contribution in [-0.4, -0.2) is 9.78 Å². The van der Waals surface area contributed by atoms with Gasteiger partial charge in [-0.2, -0.15) is 5.10 Å². The van der Waals surface area contributed by atoms with Gasteiger partial charge in [0.15, 0.2) is 0 Å². The minimum Gasteiger partial charge on any atom is -0.271 e. The zero-order valence-corrected chi connectivity index (χ0v) is 12.4. The van der Waals surface area contributed by atoms with Crippen LogP contribution in [-0.2, 0) is 6.54 Å². The Morgan fingerprint density at radius 1 is 1.44 bits per heavy atom. The molecule has 1 aromatic heterocycles. The molecule has 4 nitrogen and oxygen atoms in total. The third kappa shape index (κ3) is 3.46. The van der Waals surface area contributed by atoms with Crippen LogP contribution in [0.1, 0.15) is 58.2 Å². The van der Waals surface area contributed by atoms with Gasteiger partial charge in [0.2, 0.25) is 0 Å². The number of aryl methyl sites for hydroxylation is 1. The molecule has 0 fully saturated rings. The van der Waals surface area contributed by atoms with Crippen molar-refractivity contribution in [2.45, 2.75) is 59.0 Å². The van der Waals surface area contributed by atoms with Crippen LogP contribution < -0.4 is 11.3 Å². The minimum atomic E-state index is 0.0801. The van der Waals surface area contributed by atoms with Crippen molar-refractivity contribution in [2.24, 2.45) is 11.8 Å². The molecule has 2 unspecified atom stereocenters. The van der Waals surface area contributed by atoms with Crippen molar-refractivity contribution in [2.75, 3.05) is 0 Å². The van der Waals surface area contributed by atoms with E-state index in [1.54, 1.807) is 6.20 Å². The third-order valence-electron chi connectivity index (χ3n) is 3.53. The number of aromatic nitrogens is 2. The summed E-state index contributed by atoms with van der Waals surface area (Å²) in [7, 11) is 0. The number of nitrogens with zero attached hydrogens (tertiary/aromatic N) is 2. The Labute approximate surface area is 115 Å². The van der Waals surface area contributed by atoms with E-state index in [9.17, 15) is 0 Å². The van der Waals surface area contributed by atoms with Gasteiger partial charge in [-0.15, -0.1) is 0 Å². The van der Waals surface area contributed by atoms with E-state index >= 15 is 0 Å². The summed E-state index contributed by atoms with van der Waals surface area (Å²) in [5, 5.41) is 4.99. The lowest BCUT2D eigenvalue weighted by Gasteiger charge is -2.26. The lowest BCUT2D eigenvalue weighted by molar-refractivity contribution is 0.311. The summed E-state index contributed by atoms with van der Waals surface area (Å²) in [6.45, 7) is 7.28. The Bertz CT molecular complexity index is 351. The second-order valence-corrected chi connectivity index (χ2v) is 5.06. The Hall–Kier alpha value is -0.580. The minimum absolute atomic E-state index is 0.0801. The van der Waals surface area contributed by atoms with Crippen molar-refractivity contribution in [3.8, 4) is 0 Å². The standard InChI is InChI=1S/C13H25ClN4/c1-4-7-8-10(5-2)12(17-15)13-11(14)9-16-18(13)6-3/h9-10,12,17H,4-8,15H2,1-3H3. The Morgan fingerprint density at radius 2 is 2.17 bits per heavy atom. The van der Waals surface area contributed by atoms with Crippen molar-refractivity contribution in [3.63, 3.8) is 0 Å². The van der Waals surface area contributed by atoms with Gasteiger partial charge in [0.25, 0.3) is 0 Å². The van der Waals surface area contributed by atoms with Crippen molar-refractivity contribution < 1.29 is 0 Å². The molecule has 0 bridgehead atoms. The fraction of sp³-hybridized carbons (Fsp3) is 0.769. The number of rotatable bonds is 8. The van der Waals surface area contributed by atoms with E-state index in [0.717, 1.165) is 25.1 Å². The number of hydrogen-bond donors (Lipinski definition) is 2. The van der Waals surface area contributed by atoms with Gasteiger partial charge in [-0.25, -0.2) is 0 Å². The maximum absolute atomic E-state index is 6.25. The third-order valence-corrected chi connectivity index (χ3v) is 3.82. The predicted octanol–water partition coefficient (Wildman–Crippen LogP) is 3.28. The first kappa shape index (κ1) is 15.5. The molecule has 0 spiro atoms. The molecule has 1 heterocycles. The molecule has 0 aromatic carbocycles. The van der Waals surface area contributed by atoms with Crippen molar-refractivity contribution >= 4 is 11.6 Å². The first-order chi connectivity index (χ1) is 8.69. The van der Waals surface area contributed by atoms with Gasteiger partial charge in [0.05, 0.1) is 23.0 Å². The van der Waals surface area contributed by atoms with Crippen molar-refractivity contribution in [1.29, 1.82) is 0 Å². The van der Waals surface area contributed by atoms with E-state index in [4.69, 9.17) is 17.4 Å². The average Bonchev–Trinajstić information content (AvgIpc) is 2.76. The van der Waals surface area contributed by atoms with Crippen LogP contribution >= 0.6 is 11.6 Å². The molecule has 104 valence electrons. The molecule has 5 heteroatoms. The highest BCUT2D eigenvalue weighted by Gasteiger charge is 2.25. The van der Waals surface area contributed by atoms with Gasteiger partial charge < -0.3 is 0 Å². The zero-order chi connectivity index (χ0) is 13.5. The molecule has 18 heavy (non-hydrogen) atoms. The van der Waals surface area contributed by atoms with Crippen LogP contribution in [0, 0.1) is 5.92 Å². The molecule has 0 saturated heterocycles. The second kappa shape index (κ2) is 7.77. The topological polar surface area (TPSA) is 55.9 Å². The normalized spacial score (nSPS) is 14.7. The highest BCUT2D eigenvalue weighted by Crippen LogP contribution is 2.32. The molecular weight excluding hydrogens is 248 g/mol. The van der Waals surface area contributed by atoms with Crippen LogP contribution in [0.25, 0.3) is 0 Å². The van der Waals surface area contributed by atoms with Gasteiger partial charge in [0.1, 0.15) is 0 Å². The summed E-state index contributed by atoms with van der Waals surface area (Å²) in [5.41, 5.74) is 3.95. The lowest BCUT2D eigenvalue weighted by atomic mass is 9.89. The van der Waals surface area contributed by atoms with E-state index < -0.39 is 0 Å². The second-order valence-electron chi connectivity index (χ2n) is 4.65. The highest BCUT2D eigenvalue weighted by atomic mass is 35.5. The fourth-order valence-electron chi connectivity index (χ4n) is 2.44. The molecule has 0 aliphatic rings. The predicted molar refractivity (Wildman–Crippen MR) is 76.3 cm³/mol. The highest BCUT2D eigenvalue weighted by molar-refractivity contribution is 6.31. The molecule has 0 radical (unpaired) electrons. The van der Waals surface area contributed by atoms with Gasteiger partial charge in [-0.1, -0.05) is 44.7 Å². The quantitative estimate of drug-likeness (QED) is 0.564. The number of halogens is 1. The van der Waals surface area contributed by atoms with Crippen LogP contribution in [0.15, 0.2) is 6.20 Å². The van der Waals surface area contributed by atoms with Crippen LogP contribution in [0.2, 0.25) is 5.02 Å². The van der Waals surface area contributed by atoms with Crippen LogP contribution in [0.5, 0.6) is 0 Å². The number of unbranched alkanes of at least 4 members (excludes halogenated alkanes) is 1. The van der Waals surface area contributed by atoms with Gasteiger partial charge in [-0.05, 0) is 19.3 Å². The van der Waals surface area contributed by atoms with Gasteiger partial charge in [-0.3, -0.25) is 16.0 Å². The van der Waals surface area contributed by atoms with Crippen LogP contribution in [0.4, 0.5) is 0 Å². The lowest BCUT2D eigenvalue weighted by Crippen LogP contribution is -2.35. The molecule has 2 atom stereocenters. The van der Waals surface area contributed by atoms with E-state index in [0.29, 0.717) is 10.9 Å². The Balaban J connectivity index is 2.95. The maximum Gasteiger partial charge on any atom is 0.0834 e. The van der Waals surface area contributed by atoms with E-state index in [1.807, 2.05) is 4.68 Å². The number of hydrazine groups is 1. The van der Waals surface area contributed by atoms with Crippen molar-refractivity contribution in [3.05, 3.63) is 16.9 Å². The molecule has 1 aromatic rings. The summed E-state index contributed by atoms with van der Waals surface area (Å²) in [6, 6.07) is 0.0801. The first-order valence-corrected chi connectivity index (χ1v) is 7.24. The molecule has 0 saturated carbocycles. The number of nitrogens with two attached hydrogens (primary N) is 1. The molecule has 3 N–H and O–H groups in total. The van der Waals surface area contributed by atoms with E-state index in [1.165, 1.54) is 12.8 Å². The molecular formula is C13H25ClN4. The Morgan fingerprint density at radius 3 is 2.67 bits per heavy atom. The first-order valence-electron chi connectivity index (χ1n) is 6.86. The Kier molecular flexibility index (Phi) is 6.68. The summed E-state index contributed by atoms with van der Waals surface area (Å²) in [4.78, 5) is 0. The molecule has 0 aliphatic carbocycles.